The lowest BCUT2D eigenvalue weighted by Gasteiger charge is -2.21. The first-order valence-electron chi connectivity index (χ1n) is 12.4. The Labute approximate surface area is 194 Å². The van der Waals surface area contributed by atoms with E-state index in [1.807, 2.05) is 12.3 Å². The molecule has 0 aliphatic heterocycles. The molecule has 0 aromatic carbocycles. The van der Waals surface area contributed by atoms with Crippen LogP contribution in [0, 0.1) is 23.2 Å². The normalized spacial score (nSPS) is 18.1. The van der Waals surface area contributed by atoms with Crippen molar-refractivity contribution in [3.8, 4) is 6.07 Å². The number of nitrogens with zero attached hydrogens (tertiary/aromatic N) is 4. The van der Waals surface area contributed by atoms with Crippen molar-refractivity contribution < 1.29 is 5.21 Å². The minimum absolute atomic E-state index is 0.413. The van der Waals surface area contributed by atoms with Gasteiger partial charge in [0.25, 0.3) is 0 Å². The Bertz CT molecular complexity index is 1080. The van der Waals surface area contributed by atoms with Crippen molar-refractivity contribution in [1.29, 1.82) is 5.26 Å². The lowest BCUT2D eigenvalue weighted by Crippen LogP contribution is -2.23. The average molecular weight is 450 g/mol. The number of aromatic nitrogens is 4. The molecular weight excluding hydrogens is 414 g/mol. The fourth-order valence-electron chi connectivity index (χ4n) is 5.10. The molecular formula is C25H35N7O. The summed E-state index contributed by atoms with van der Waals surface area (Å²) in [5.41, 5.74) is 4.90. The van der Waals surface area contributed by atoms with Gasteiger partial charge >= 0.3 is 0 Å². The van der Waals surface area contributed by atoms with Gasteiger partial charge in [-0.2, -0.15) is 5.26 Å². The molecule has 2 aliphatic rings. The number of aliphatic imine (C=N–C) groups is 1. The van der Waals surface area contributed by atoms with Gasteiger partial charge < -0.3 is 9.97 Å². The first-order valence-corrected chi connectivity index (χ1v) is 12.4. The number of aromatic amines is 2. The van der Waals surface area contributed by atoms with Crippen molar-refractivity contribution in [3.05, 3.63) is 24.3 Å². The molecule has 0 unspecified atom stereocenters. The SMILES string of the molecule is N#CCC1CCCCC1.ONC(CC1CCCCC1)=NCc1nc2c(cnc3[nH]ccc32)[nH]1. The molecule has 3 heterocycles. The predicted molar refractivity (Wildman–Crippen MR) is 130 cm³/mol. The number of hydrogen-bond donors (Lipinski definition) is 4. The number of imidazole rings is 1. The van der Waals surface area contributed by atoms with Gasteiger partial charge in [0, 0.05) is 24.4 Å². The van der Waals surface area contributed by atoms with Crippen LogP contribution in [0.15, 0.2) is 23.5 Å². The highest BCUT2D eigenvalue weighted by atomic mass is 16.5. The Morgan fingerprint density at radius 1 is 1.12 bits per heavy atom. The van der Waals surface area contributed by atoms with Gasteiger partial charge in [-0.05, 0) is 30.7 Å². The minimum atomic E-state index is 0.413. The molecule has 8 heteroatoms. The number of pyridine rings is 1. The molecule has 0 radical (unpaired) electrons. The monoisotopic (exact) mass is 449 g/mol. The van der Waals surface area contributed by atoms with Gasteiger partial charge in [0.2, 0.25) is 0 Å². The highest BCUT2D eigenvalue weighted by Crippen LogP contribution is 2.27. The molecule has 5 rings (SSSR count). The maximum atomic E-state index is 9.36. The van der Waals surface area contributed by atoms with E-state index in [0.29, 0.717) is 18.3 Å². The minimum Gasteiger partial charge on any atom is -0.346 e. The summed E-state index contributed by atoms with van der Waals surface area (Å²) in [6.45, 7) is 0.413. The molecule has 0 saturated heterocycles. The average Bonchev–Trinajstić information content (AvgIpc) is 3.50. The van der Waals surface area contributed by atoms with Crippen LogP contribution >= 0.6 is 0 Å². The molecule has 8 nitrogen and oxygen atoms in total. The molecule has 2 aliphatic carbocycles. The third-order valence-electron chi connectivity index (χ3n) is 6.94. The summed E-state index contributed by atoms with van der Waals surface area (Å²) >= 11 is 0. The van der Waals surface area contributed by atoms with E-state index in [-0.39, 0.29) is 0 Å². The van der Waals surface area contributed by atoms with Gasteiger partial charge in [-0.25, -0.2) is 9.97 Å². The Balaban J connectivity index is 0.000000243. The van der Waals surface area contributed by atoms with Crippen molar-refractivity contribution in [2.45, 2.75) is 83.6 Å². The summed E-state index contributed by atoms with van der Waals surface area (Å²) in [4.78, 5) is 19.8. The maximum absolute atomic E-state index is 9.36. The van der Waals surface area contributed by atoms with E-state index in [1.165, 1.54) is 64.2 Å². The number of hydrogen-bond acceptors (Lipinski definition) is 5. The summed E-state index contributed by atoms with van der Waals surface area (Å²) in [7, 11) is 0. The number of hydroxylamine groups is 1. The smallest absolute Gasteiger partial charge is 0.139 e. The first-order chi connectivity index (χ1) is 16.3. The molecule has 0 spiro atoms. The van der Waals surface area contributed by atoms with Crippen LogP contribution in [0.25, 0.3) is 22.1 Å². The van der Waals surface area contributed by atoms with Crippen molar-refractivity contribution in [2.75, 3.05) is 0 Å². The zero-order chi connectivity index (χ0) is 22.9. The third kappa shape index (κ3) is 6.32. The fourth-order valence-corrected chi connectivity index (χ4v) is 5.10. The van der Waals surface area contributed by atoms with Crippen LogP contribution in [-0.4, -0.2) is 31.0 Å². The van der Waals surface area contributed by atoms with Crippen molar-refractivity contribution in [2.24, 2.45) is 16.8 Å². The van der Waals surface area contributed by atoms with E-state index in [4.69, 9.17) is 5.26 Å². The molecule has 3 aromatic heterocycles. The van der Waals surface area contributed by atoms with Crippen LogP contribution in [-0.2, 0) is 6.54 Å². The van der Waals surface area contributed by atoms with E-state index >= 15 is 0 Å². The van der Waals surface area contributed by atoms with Crippen LogP contribution in [0.1, 0.15) is 82.9 Å². The molecule has 2 fully saturated rings. The van der Waals surface area contributed by atoms with Gasteiger partial charge in [-0.1, -0.05) is 51.4 Å². The number of nitriles is 1. The predicted octanol–water partition coefficient (Wildman–Crippen LogP) is 5.77. The Morgan fingerprint density at radius 3 is 2.55 bits per heavy atom. The Kier molecular flexibility index (Phi) is 8.31. The molecule has 0 atom stereocenters. The standard InChI is InChI=1S/C17H22N6O.C8H13N/c24-23-14(8-11-4-2-1-3-5-11)19-10-15-21-13-9-20-17-12(6-7-18-17)16(13)22-15;9-7-6-8-4-2-1-3-5-8/h6-7,9,11,24H,1-5,8,10H2,(H,18,20)(H,19,23)(H,21,22);8H,1-6H2. The molecule has 2 saturated carbocycles. The molecule has 0 amide bonds. The van der Waals surface area contributed by atoms with Crippen molar-refractivity contribution in [1.82, 2.24) is 25.4 Å². The number of fused-ring (bicyclic) bond motifs is 3. The van der Waals surface area contributed by atoms with Crippen LogP contribution in [0.3, 0.4) is 0 Å². The van der Waals surface area contributed by atoms with E-state index in [9.17, 15) is 5.21 Å². The summed E-state index contributed by atoms with van der Waals surface area (Å²) < 4.78 is 0. The van der Waals surface area contributed by atoms with Gasteiger partial charge in [0.1, 0.15) is 22.8 Å². The number of nitrogens with one attached hydrogen (secondary N) is 3. The molecule has 176 valence electrons. The largest absolute Gasteiger partial charge is 0.346 e. The highest BCUT2D eigenvalue weighted by Gasteiger charge is 2.16. The van der Waals surface area contributed by atoms with Crippen molar-refractivity contribution >= 4 is 27.9 Å². The Hall–Kier alpha value is -2.92. The van der Waals surface area contributed by atoms with Gasteiger partial charge in [-0.15, -0.1) is 0 Å². The highest BCUT2D eigenvalue weighted by molar-refractivity contribution is 6.00. The fraction of sp³-hybridized carbons (Fsp3) is 0.600. The number of H-pyrrole nitrogens is 2. The van der Waals surface area contributed by atoms with E-state index in [1.54, 1.807) is 6.20 Å². The number of amidine groups is 1. The van der Waals surface area contributed by atoms with E-state index < -0.39 is 0 Å². The second-order valence-electron chi connectivity index (χ2n) is 9.39. The second kappa shape index (κ2) is 11.8. The quantitative estimate of drug-likeness (QED) is 0.223. The van der Waals surface area contributed by atoms with E-state index in [0.717, 1.165) is 46.7 Å². The summed E-state index contributed by atoms with van der Waals surface area (Å²) in [6, 6.07) is 4.21. The number of rotatable bonds is 5. The Morgan fingerprint density at radius 2 is 1.85 bits per heavy atom. The lowest BCUT2D eigenvalue weighted by molar-refractivity contribution is 0.226. The molecule has 3 aromatic rings. The van der Waals surface area contributed by atoms with Crippen LogP contribution in [0.4, 0.5) is 0 Å². The van der Waals surface area contributed by atoms with Crippen LogP contribution in [0.2, 0.25) is 0 Å². The summed E-state index contributed by atoms with van der Waals surface area (Å²) in [6.07, 6.45) is 18.3. The van der Waals surface area contributed by atoms with Gasteiger partial charge in [0.15, 0.2) is 0 Å². The third-order valence-corrected chi connectivity index (χ3v) is 6.94. The maximum Gasteiger partial charge on any atom is 0.139 e. The summed E-state index contributed by atoms with van der Waals surface area (Å²) in [5, 5.41) is 18.7. The van der Waals surface area contributed by atoms with E-state index in [2.05, 4.69) is 36.5 Å². The molecule has 33 heavy (non-hydrogen) atoms. The molecule has 0 bridgehead atoms. The zero-order valence-corrected chi connectivity index (χ0v) is 19.3. The van der Waals surface area contributed by atoms with Crippen LogP contribution < -0.4 is 5.48 Å². The van der Waals surface area contributed by atoms with Crippen LogP contribution in [0.5, 0.6) is 0 Å². The topological polar surface area (TPSA) is 126 Å². The lowest BCUT2D eigenvalue weighted by atomic mass is 9.87. The van der Waals surface area contributed by atoms with Gasteiger partial charge in [0.05, 0.1) is 24.3 Å². The first kappa shape index (κ1) is 23.2. The summed E-state index contributed by atoms with van der Waals surface area (Å²) in [5.74, 6) is 2.78. The zero-order valence-electron chi connectivity index (χ0n) is 19.3. The van der Waals surface area contributed by atoms with Crippen molar-refractivity contribution in [3.63, 3.8) is 0 Å². The van der Waals surface area contributed by atoms with Gasteiger partial charge in [-0.3, -0.25) is 15.7 Å². The second-order valence-corrected chi connectivity index (χ2v) is 9.39. The molecule has 4 N–H and O–H groups in total.